The van der Waals surface area contributed by atoms with E-state index >= 15 is 0 Å². The summed E-state index contributed by atoms with van der Waals surface area (Å²) in [5.74, 6) is -2.04. The number of amides is 2. The third-order valence-corrected chi connectivity index (χ3v) is 10.2. The number of carbonyl (C=O) groups excluding carboxylic acids is 2. The average molecular weight is 615 g/mol. The zero-order chi connectivity index (χ0) is 30.5. The zero-order valence-electron chi connectivity index (χ0n) is 23.5. The normalized spacial score (nSPS) is 19.8. The molecule has 1 fully saturated rings. The highest BCUT2D eigenvalue weighted by atomic mass is 32.2. The number of nitrogens with one attached hydrogen (secondary N) is 2. The first kappa shape index (κ1) is 32.7. The van der Waals surface area contributed by atoms with Gasteiger partial charge in [0.2, 0.25) is 5.91 Å². The van der Waals surface area contributed by atoms with Crippen LogP contribution in [0.1, 0.15) is 49.0 Å². The van der Waals surface area contributed by atoms with Gasteiger partial charge in [-0.2, -0.15) is 13.2 Å². The maximum Gasteiger partial charge on any atom is 0.416 e. The lowest BCUT2D eigenvalue weighted by Gasteiger charge is -2.41. The zero-order valence-corrected chi connectivity index (χ0v) is 25.1. The number of rotatable bonds is 10. The molecule has 1 unspecified atom stereocenters. The molecule has 41 heavy (non-hydrogen) atoms. The van der Waals surface area contributed by atoms with Crippen molar-refractivity contribution in [2.75, 3.05) is 31.3 Å². The maximum atomic E-state index is 13.4. The summed E-state index contributed by atoms with van der Waals surface area (Å²) in [6, 6.07) is 9.01. The van der Waals surface area contributed by atoms with E-state index in [4.69, 9.17) is 5.73 Å². The van der Waals surface area contributed by atoms with E-state index in [0.29, 0.717) is 18.9 Å². The Morgan fingerprint density at radius 2 is 1.78 bits per heavy atom. The summed E-state index contributed by atoms with van der Waals surface area (Å²) in [6.07, 6.45) is -0.926. The van der Waals surface area contributed by atoms with Gasteiger partial charge < -0.3 is 21.3 Å². The number of nitrogen functional groups attached to an aromatic ring is 1. The Balaban J connectivity index is 1.72. The van der Waals surface area contributed by atoms with E-state index in [0.717, 1.165) is 23.4 Å². The summed E-state index contributed by atoms with van der Waals surface area (Å²) in [4.78, 5) is 28.7. The highest BCUT2D eigenvalue weighted by molar-refractivity contribution is 7.98. The van der Waals surface area contributed by atoms with E-state index in [1.54, 1.807) is 24.3 Å². The number of sulfone groups is 1. The van der Waals surface area contributed by atoms with Crippen molar-refractivity contribution >= 4 is 39.1 Å². The monoisotopic (exact) mass is 614 g/mol. The van der Waals surface area contributed by atoms with Gasteiger partial charge in [0.1, 0.15) is 0 Å². The van der Waals surface area contributed by atoms with Gasteiger partial charge >= 0.3 is 6.18 Å². The number of nitrogens with two attached hydrogens (primary N) is 1. The quantitative estimate of drug-likeness (QED) is 0.271. The van der Waals surface area contributed by atoms with E-state index in [9.17, 15) is 31.2 Å². The number of anilines is 1. The third kappa shape index (κ3) is 8.62. The first-order valence-corrected chi connectivity index (χ1v) is 16.1. The van der Waals surface area contributed by atoms with Crippen LogP contribution in [0.2, 0.25) is 0 Å². The van der Waals surface area contributed by atoms with Crippen molar-refractivity contribution in [2.24, 2.45) is 5.92 Å². The molecule has 4 N–H and O–H groups in total. The molecule has 2 aromatic rings. The smallest absolute Gasteiger partial charge is 0.398 e. The number of hydrogen-bond donors (Lipinski definition) is 3. The predicted molar refractivity (Wildman–Crippen MR) is 154 cm³/mol. The molecule has 1 aliphatic carbocycles. The summed E-state index contributed by atoms with van der Waals surface area (Å²) < 4.78 is 65.9. The predicted octanol–water partition coefficient (Wildman–Crippen LogP) is 4.21. The second-order valence-corrected chi connectivity index (χ2v) is 13.5. The molecule has 3 atom stereocenters. The van der Waals surface area contributed by atoms with Crippen molar-refractivity contribution < 1.29 is 31.2 Å². The van der Waals surface area contributed by atoms with Gasteiger partial charge in [0, 0.05) is 28.7 Å². The maximum absolute atomic E-state index is 13.4. The Morgan fingerprint density at radius 1 is 1.12 bits per heavy atom. The molecule has 1 aliphatic rings. The van der Waals surface area contributed by atoms with Crippen LogP contribution in [0.3, 0.4) is 0 Å². The van der Waals surface area contributed by atoms with Gasteiger partial charge in [-0.25, -0.2) is 8.42 Å². The van der Waals surface area contributed by atoms with Crippen molar-refractivity contribution in [1.29, 1.82) is 0 Å². The Labute approximate surface area is 243 Å². The molecule has 0 radical (unpaired) electrons. The van der Waals surface area contributed by atoms with Crippen molar-refractivity contribution in [3.05, 3.63) is 53.6 Å². The molecule has 3 rings (SSSR count). The van der Waals surface area contributed by atoms with E-state index in [-0.39, 0.29) is 39.9 Å². The van der Waals surface area contributed by atoms with Gasteiger partial charge in [-0.05, 0) is 94.8 Å². The molecule has 13 heteroatoms. The molecule has 226 valence electrons. The van der Waals surface area contributed by atoms with Gasteiger partial charge in [0.25, 0.3) is 5.91 Å². The Kier molecular flexibility index (Phi) is 10.8. The number of benzene rings is 2. The number of thioether (sulfide) groups is 1. The largest absolute Gasteiger partial charge is 0.416 e. The highest BCUT2D eigenvalue weighted by Crippen LogP contribution is 2.32. The minimum atomic E-state index is -4.66. The molecule has 0 aromatic heterocycles. The molecular formula is C28H37F3N4O4S2. The summed E-state index contributed by atoms with van der Waals surface area (Å²) in [5, 5.41) is 5.18. The van der Waals surface area contributed by atoms with Crippen molar-refractivity contribution in [1.82, 2.24) is 15.5 Å². The fourth-order valence-electron chi connectivity index (χ4n) is 5.01. The summed E-state index contributed by atoms with van der Waals surface area (Å²) in [5.41, 5.74) is 4.13. The average Bonchev–Trinajstić information content (AvgIpc) is 2.91. The minimum Gasteiger partial charge on any atom is -0.398 e. The van der Waals surface area contributed by atoms with E-state index < -0.39 is 46.0 Å². The molecule has 0 spiro atoms. The van der Waals surface area contributed by atoms with E-state index in [2.05, 4.69) is 29.4 Å². The van der Waals surface area contributed by atoms with Gasteiger partial charge in [0.15, 0.2) is 9.84 Å². The SMILES string of the molecule is CSc1ccc(S(=O)(=O)C[C@@H]2C[C@H](N(C)C(C)C)CCC2NC(=O)CNC(=O)c2cc(C(F)(F)F)ccc2N)cc1. The first-order valence-electron chi connectivity index (χ1n) is 13.3. The van der Waals surface area contributed by atoms with Crippen LogP contribution >= 0.6 is 11.8 Å². The Bertz CT molecular complexity index is 1330. The van der Waals surface area contributed by atoms with Crippen LogP contribution in [0.4, 0.5) is 18.9 Å². The van der Waals surface area contributed by atoms with Crippen LogP contribution in [-0.4, -0.2) is 68.9 Å². The Morgan fingerprint density at radius 3 is 2.37 bits per heavy atom. The van der Waals surface area contributed by atoms with Crippen LogP contribution < -0.4 is 16.4 Å². The van der Waals surface area contributed by atoms with Gasteiger partial charge in [0.05, 0.1) is 28.3 Å². The molecule has 8 nitrogen and oxygen atoms in total. The lowest BCUT2D eigenvalue weighted by Crippen LogP contribution is -2.52. The number of carbonyl (C=O) groups is 2. The molecule has 2 amide bonds. The molecule has 0 aliphatic heterocycles. The number of nitrogens with zero attached hydrogens (tertiary/aromatic N) is 1. The van der Waals surface area contributed by atoms with Gasteiger partial charge in [-0.15, -0.1) is 11.8 Å². The number of hydrogen-bond acceptors (Lipinski definition) is 7. The van der Waals surface area contributed by atoms with Crippen molar-refractivity contribution in [3.8, 4) is 0 Å². The summed E-state index contributed by atoms with van der Waals surface area (Å²) in [6.45, 7) is 3.62. The Hall–Kier alpha value is -2.77. The van der Waals surface area contributed by atoms with Gasteiger partial charge in [-0.1, -0.05) is 0 Å². The van der Waals surface area contributed by atoms with Crippen LogP contribution in [0.15, 0.2) is 52.3 Å². The van der Waals surface area contributed by atoms with Crippen LogP contribution in [-0.2, 0) is 20.8 Å². The topological polar surface area (TPSA) is 122 Å². The minimum absolute atomic E-state index is 0.130. The van der Waals surface area contributed by atoms with Crippen LogP contribution in [0.5, 0.6) is 0 Å². The molecular weight excluding hydrogens is 577 g/mol. The fraction of sp³-hybridized carbons (Fsp3) is 0.500. The van der Waals surface area contributed by atoms with Crippen molar-refractivity contribution in [3.63, 3.8) is 0 Å². The standard InChI is InChI=1S/C28H37F3N4O4S2/c1-17(2)35(3)20-6-12-25(18(13-20)16-41(38,39)22-9-7-21(40-4)8-10-22)34-26(36)15-33-27(37)23-14-19(28(29,30)31)5-11-24(23)32/h5,7-11,14,17-18,20,25H,6,12-13,15-16,32H2,1-4H3,(H,33,37)(H,34,36)/t18-,20+,25?/m0/s1. The lowest BCUT2D eigenvalue weighted by molar-refractivity contribution is -0.137. The fourth-order valence-corrected chi connectivity index (χ4v) is 7.09. The number of halogens is 3. The molecule has 1 saturated carbocycles. The molecule has 0 saturated heterocycles. The number of alkyl halides is 3. The van der Waals surface area contributed by atoms with Gasteiger partial charge in [-0.3, -0.25) is 9.59 Å². The summed E-state index contributed by atoms with van der Waals surface area (Å²) >= 11 is 1.51. The highest BCUT2D eigenvalue weighted by Gasteiger charge is 2.37. The molecule has 0 bridgehead atoms. The van der Waals surface area contributed by atoms with Crippen LogP contribution in [0, 0.1) is 5.92 Å². The molecule has 0 heterocycles. The summed E-state index contributed by atoms with van der Waals surface area (Å²) in [7, 11) is -1.66. The van der Waals surface area contributed by atoms with E-state index in [1.165, 1.54) is 11.8 Å². The van der Waals surface area contributed by atoms with Crippen molar-refractivity contribution in [2.45, 2.75) is 67.2 Å². The first-order chi connectivity index (χ1) is 19.1. The second kappa shape index (κ2) is 13.5. The van der Waals surface area contributed by atoms with E-state index in [1.807, 2.05) is 13.3 Å². The lowest BCUT2D eigenvalue weighted by atomic mass is 9.81. The van der Waals surface area contributed by atoms with Crippen LogP contribution in [0.25, 0.3) is 0 Å². The third-order valence-electron chi connectivity index (χ3n) is 7.58. The second-order valence-electron chi connectivity index (χ2n) is 10.6. The molecule has 2 aromatic carbocycles.